The van der Waals surface area contributed by atoms with E-state index in [1.807, 2.05) is 6.92 Å². The molecular formula is C11H9FN2OS2. The van der Waals surface area contributed by atoms with Gasteiger partial charge in [-0.3, -0.25) is 0 Å². The fourth-order valence-electron chi connectivity index (χ4n) is 1.30. The standard InChI is InChI=1S/C11H9FN2OS2/c1-2-3-15-11-14-9-5-8(13-6-16)7(12)4-10(9)17-11/h4-5H,2-3H2,1H3. The zero-order valence-corrected chi connectivity index (χ0v) is 10.7. The molecule has 0 aliphatic carbocycles. The Bertz CT molecular complexity index is 590. The van der Waals surface area contributed by atoms with Crippen LogP contribution < -0.4 is 4.74 Å². The molecule has 0 unspecified atom stereocenters. The molecule has 0 fully saturated rings. The highest BCUT2D eigenvalue weighted by Crippen LogP contribution is 2.32. The summed E-state index contributed by atoms with van der Waals surface area (Å²) in [5.74, 6) is -0.430. The molecule has 1 aromatic carbocycles. The van der Waals surface area contributed by atoms with Gasteiger partial charge in [0.1, 0.15) is 5.69 Å². The van der Waals surface area contributed by atoms with E-state index in [0.717, 1.165) is 11.1 Å². The minimum absolute atomic E-state index is 0.153. The lowest BCUT2D eigenvalue weighted by Crippen LogP contribution is -1.93. The number of ether oxygens (including phenoxy) is 1. The van der Waals surface area contributed by atoms with Crippen molar-refractivity contribution in [1.29, 1.82) is 0 Å². The lowest BCUT2D eigenvalue weighted by molar-refractivity contribution is 0.316. The normalized spacial score (nSPS) is 10.2. The van der Waals surface area contributed by atoms with Crippen LogP contribution in [-0.2, 0) is 0 Å². The molecule has 1 aromatic heterocycles. The molecule has 88 valence electrons. The largest absolute Gasteiger partial charge is 0.470 e. The Morgan fingerprint density at radius 3 is 3.12 bits per heavy atom. The van der Waals surface area contributed by atoms with Crippen LogP contribution in [0.4, 0.5) is 10.1 Å². The fourth-order valence-corrected chi connectivity index (χ4v) is 2.25. The van der Waals surface area contributed by atoms with E-state index in [2.05, 4.69) is 27.4 Å². The monoisotopic (exact) mass is 268 g/mol. The van der Waals surface area contributed by atoms with E-state index in [4.69, 9.17) is 4.74 Å². The van der Waals surface area contributed by atoms with E-state index in [-0.39, 0.29) is 5.69 Å². The SMILES string of the molecule is CCCOc1nc2cc(N=C=S)c(F)cc2s1. The zero-order valence-electron chi connectivity index (χ0n) is 9.07. The average Bonchev–Trinajstić information content (AvgIpc) is 2.69. The van der Waals surface area contributed by atoms with Crippen molar-refractivity contribution in [3.8, 4) is 5.19 Å². The lowest BCUT2D eigenvalue weighted by Gasteiger charge is -1.95. The van der Waals surface area contributed by atoms with Gasteiger partial charge in [0, 0.05) is 0 Å². The maximum atomic E-state index is 13.5. The molecule has 1 heterocycles. The summed E-state index contributed by atoms with van der Waals surface area (Å²) in [4.78, 5) is 7.88. The predicted octanol–water partition coefficient (Wildman–Crippen LogP) is 3.96. The third kappa shape index (κ3) is 2.66. The van der Waals surface area contributed by atoms with Crippen LogP contribution in [-0.4, -0.2) is 16.8 Å². The Kier molecular flexibility index (Phi) is 3.78. The van der Waals surface area contributed by atoms with Crippen LogP contribution in [0.5, 0.6) is 5.19 Å². The van der Waals surface area contributed by atoms with Gasteiger partial charge in [-0.15, -0.1) is 0 Å². The number of benzene rings is 1. The van der Waals surface area contributed by atoms with E-state index in [9.17, 15) is 4.39 Å². The average molecular weight is 268 g/mol. The summed E-state index contributed by atoms with van der Waals surface area (Å²) in [7, 11) is 0. The second-order valence-corrected chi connectivity index (χ2v) is 4.48. The van der Waals surface area contributed by atoms with Crippen molar-refractivity contribution in [2.24, 2.45) is 4.99 Å². The molecule has 0 saturated heterocycles. The molecule has 0 atom stereocenters. The van der Waals surface area contributed by atoms with E-state index < -0.39 is 5.82 Å². The first-order valence-corrected chi connectivity index (χ1v) is 6.28. The van der Waals surface area contributed by atoms with Gasteiger partial charge < -0.3 is 4.74 Å². The molecule has 0 saturated carbocycles. The lowest BCUT2D eigenvalue weighted by atomic mass is 10.3. The summed E-state index contributed by atoms with van der Waals surface area (Å²) in [6.07, 6.45) is 0.907. The molecule has 6 heteroatoms. The highest BCUT2D eigenvalue weighted by molar-refractivity contribution is 7.78. The molecule has 0 N–H and O–H groups in total. The summed E-state index contributed by atoms with van der Waals surface area (Å²) in [6.45, 7) is 2.62. The van der Waals surface area contributed by atoms with Gasteiger partial charge in [-0.2, -0.15) is 4.99 Å². The molecule has 2 rings (SSSR count). The van der Waals surface area contributed by atoms with Gasteiger partial charge in [0.05, 0.1) is 22.0 Å². The van der Waals surface area contributed by atoms with Gasteiger partial charge in [-0.05, 0) is 30.8 Å². The van der Waals surface area contributed by atoms with Gasteiger partial charge in [-0.1, -0.05) is 18.3 Å². The zero-order chi connectivity index (χ0) is 12.3. The topological polar surface area (TPSA) is 34.5 Å². The number of hydrogen-bond donors (Lipinski definition) is 0. The van der Waals surface area contributed by atoms with Crippen LogP contribution in [0.15, 0.2) is 17.1 Å². The third-order valence-corrected chi connectivity index (χ3v) is 3.06. The van der Waals surface area contributed by atoms with Crippen LogP contribution in [0.25, 0.3) is 10.2 Å². The molecule has 0 aliphatic rings. The molecule has 3 nitrogen and oxygen atoms in total. The van der Waals surface area contributed by atoms with Crippen LogP contribution in [0.1, 0.15) is 13.3 Å². The Labute approximate surface area is 107 Å². The van der Waals surface area contributed by atoms with Crippen LogP contribution in [0.3, 0.4) is 0 Å². The molecule has 0 amide bonds. The molecule has 2 aromatic rings. The summed E-state index contributed by atoms with van der Waals surface area (Å²) in [6, 6.07) is 2.93. The summed E-state index contributed by atoms with van der Waals surface area (Å²) >= 11 is 5.77. The quantitative estimate of drug-likeness (QED) is 0.622. The molecule has 0 radical (unpaired) electrons. The Hall–Kier alpha value is -1.36. The second kappa shape index (κ2) is 5.31. The summed E-state index contributed by atoms with van der Waals surface area (Å²) in [5.41, 5.74) is 0.811. The molecule has 0 bridgehead atoms. The number of isothiocyanates is 1. The number of halogens is 1. The van der Waals surface area contributed by atoms with Crippen LogP contribution >= 0.6 is 23.6 Å². The van der Waals surface area contributed by atoms with E-state index in [1.54, 1.807) is 6.07 Å². The van der Waals surface area contributed by atoms with Crippen LogP contribution in [0.2, 0.25) is 0 Å². The van der Waals surface area contributed by atoms with Crippen molar-refractivity contribution < 1.29 is 9.13 Å². The van der Waals surface area contributed by atoms with E-state index in [0.29, 0.717) is 17.3 Å². The molecular weight excluding hydrogens is 259 g/mol. The molecule has 0 spiro atoms. The van der Waals surface area contributed by atoms with Crippen molar-refractivity contribution >= 4 is 44.6 Å². The van der Waals surface area contributed by atoms with Gasteiger partial charge in [0.2, 0.25) is 0 Å². The van der Waals surface area contributed by atoms with Crippen molar-refractivity contribution in [1.82, 2.24) is 4.98 Å². The van der Waals surface area contributed by atoms with Crippen molar-refractivity contribution in [2.75, 3.05) is 6.61 Å². The smallest absolute Gasteiger partial charge is 0.274 e. The van der Waals surface area contributed by atoms with E-state index in [1.165, 1.54) is 17.4 Å². The van der Waals surface area contributed by atoms with Gasteiger partial charge in [-0.25, -0.2) is 9.37 Å². The second-order valence-electron chi connectivity index (χ2n) is 3.30. The number of aromatic nitrogens is 1. The van der Waals surface area contributed by atoms with Crippen molar-refractivity contribution in [3.05, 3.63) is 17.9 Å². The van der Waals surface area contributed by atoms with Crippen LogP contribution in [0, 0.1) is 5.82 Å². The maximum Gasteiger partial charge on any atom is 0.274 e. The first kappa shape index (κ1) is 12.1. The third-order valence-electron chi connectivity index (χ3n) is 2.03. The number of thiocarbonyl (C=S) groups is 1. The van der Waals surface area contributed by atoms with Crippen molar-refractivity contribution in [3.63, 3.8) is 0 Å². The minimum atomic E-state index is -0.430. The number of aliphatic imine (C=N–C) groups is 1. The minimum Gasteiger partial charge on any atom is -0.470 e. The van der Waals surface area contributed by atoms with Gasteiger partial charge in [0.15, 0.2) is 5.82 Å². The number of nitrogens with zero attached hydrogens (tertiary/aromatic N) is 2. The fraction of sp³-hybridized carbons (Fsp3) is 0.273. The Morgan fingerprint density at radius 2 is 2.41 bits per heavy atom. The number of thiazole rings is 1. The highest BCUT2D eigenvalue weighted by atomic mass is 32.1. The first-order chi connectivity index (χ1) is 8.24. The van der Waals surface area contributed by atoms with Gasteiger partial charge >= 0.3 is 0 Å². The Balaban J connectivity index is 2.43. The number of hydrogen-bond acceptors (Lipinski definition) is 5. The summed E-state index contributed by atoms with van der Waals surface area (Å²) < 4.78 is 19.7. The Morgan fingerprint density at radius 1 is 1.59 bits per heavy atom. The first-order valence-electron chi connectivity index (χ1n) is 5.05. The molecule has 0 aliphatic heterocycles. The number of fused-ring (bicyclic) bond motifs is 1. The number of rotatable bonds is 4. The van der Waals surface area contributed by atoms with Gasteiger partial charge in [0.25, 0.3) is 5.19 Å². The predicted molar refractivity (Wildman–Crippen MR) is 70.1 cm³/mol. The van der Waals surface area contributed by atoms with E-state index >= 15 is 0 Å². The molecule has 17 heavy (non-hydrogen) atoms. The highest BCUT2D eigenvalue weighted by Gasteiger charge is 2.09. The maximum absolute atomic E-state index is 13.5. The van der Waals surface area contributed by atoms with Crippen molar-refractivity contribution in [2.45, 2.75) is 13.3 Å². The summed E-state index contributed by atoms with van der Waals surface area (Å²) in [5, 5.41) is 2.69.